The molecule has 0 aliphatic carbocycles. The molecule has 0 aliphatic rings. The van der Waals surface area contributed by atoms with E-state index in [4.69, 9.17) is 0 Å². The predicted octanol–water partition coefficient (Wildman–Crippen LogP) is 6.67. The Morgan fingerprint density at radius 2 is 1.19 bits per heavy atom. The molecule has 1 aromatic carbocycles. The molecule has 0 N–H and O–H groups in total. The summed E-state index contributed by atoms with van der Waals surface area (Å²) < 4.78 is 0. The maximum absolute atomic E-state index is 3.65. The first kappa shape index (κ1) is 18.7. The molecule has 0 spiro atoms. The number of benzene rings is 1. The van der Waals surface area contributed by atoms with Gasteiger partial charge in [0.2, 0.25) is 0 Å². The molecule has 1 aromatic rings. The summed E-state index contributed by atoms with van der Waals surface area (Å²) in [5.41, 5.74) is 1.56. The Labute approximate surface area is 135 Å². The van der Waals surface area contributed by atoms with Gasteiger partial charge in [-0.1, -0.05) is 102 Å². The molecule has 0 aliphatic heterocycles. The van der Waals surface area contributed by atoms with Crippen LogP contribution in [0.5, 0.6) is 0 Å². The van der Waals surface area contributed by atoms with Crippen LogP contribution in [-0.4, -0.2) is 16.1 Å². The van der Waals surface area contributed by atoms with Gasteiger partial charge < -0.3 is 0 Å². The maximum Gasteiger partial charge on any atom is 0.0577 e. The summed E-state index contributed by atoms with van der Waals surface area (Å²) in [5.74, 6) is 0. The van der Waals surface area contributed by atoms with Crippen molar-refractivity contribution in [3.05, 3.63) is 35.9 Å². The normalized spacial score (nSPS) is 12.9. The second-order valence-corrected chi connectivity index (χ2v) is 18.0. The van der Waals surface area contributed by atoms with E-state index in [0.717, 1.165) is 5.16 Å². The van der Waals surface area contributed by atoms with Crippen molar-refractivity contribution >= 4 is 16.1 Å². The molecule has 119 valence electrons. The highest BCUT2D eigenvalue weighted by molar-refractivity contribution is 6.99. The van der Waals surface area contributed by atoms with Crippen LogP contribution in [0.2, 0.25) is 36.3 Å². The van der Waals surface area contributed by atoms with E-state index >= 15 is 0 Å². The molecule has 0 amide bonds. The highest BCUT2D eigenvalue weighted by Crippen LogP contribution is 2.46. The fraction of sp³-hybridized carbons (Fsp3) is 0.684. The van der Waals surface area contributed by atoms with Gasteiger partial charge in [0.05, 0.1) is 16.1 Å². The lowest BCUT2D eigenvalue weighted by atomic mass is 10.2. The monoisotopic (exact) mass is 319 g/mol. The third-order valence-electron chi connectivity index (χ3n) is 6.49. The van der Waals surface area contributed by atoms with Gasteiger partial charge in [-0.25, -0.2) is 0 Å². The Hall–Kier alpha value is -0.346. The molecule has 1 rings (SSSR count). The van der Waals surface area contributed by atoms with Gasteiger partial charge in [-0.2, -0.15) is 0 Å². The van der Waals surface area contributed by atoms with Crippen molar-refractivity contribution in [3.63, 3.8) is 0 Å². The summed E-state index contributed by atoms with van der Waals surface area (Å²) in [6.07, 6.45) is 0. The largest absolute Gasteiger partial charge is 0.0678 e. The number of hydrogen-bond acceptors (Lipinski definition) is 0. The first-order valence-electron chi connectivity index (χ1n) is 9.06. The van der Waals surface area contributed by atoms with Crippen molar-refractivity contribution in [1.29, 1.82) is 0 Å². The van der Waals surface area contributed by atoms with Crippen LogP contribution in [0, 0.1) is 6.07 Å². The van der Waals surface area contributed by atoms with E-state index < -0.39 is 16.1 Å². The highest BCUT2D eigenvalue weighted by Gasteiger charge is 2.48. The predicted molar refractivity (Wildman–Crippen MR) is 102 cm³/mol. The average Bonchev–Trinajstić information content (AvgIpc) is 2.57. The van der Waals surface area contributed by atoms with E-state index in [2.05, 4.69) is 71.9 Å². The smallest absolute Gasteiger partial charge is 0.0577 e. The van der Waals surface area contributed by atoms with E-state index in [1.54, 1.807) is 5.56 Å². The first-order chi connectivity index (χ1) is 10.1. The zero-order valence-electron chi connectivity index (χ0n) is 15.1. The Bertz CT molecular complexity index is 355. The summed E-state index contributed by atoms with van der Waals surface area (Å²) in [7, 11) is -2.51. The molecule has 0 aromatic heterocycles. The lowest BCUT2D eigenvalue weighted by Crippen LogP contribution is -2.55. The molecule has 0 saturated heterocycles. The minimum atomic E-state index is -1.26. The fourth-order valence-electron chi connectivity index (χ4n) is 4.62. The van der Waals surface area contributed by atoms with Crippen molar-refractivity contribution in [2.75, 3.05) is 0 Å². The summed E-state index contributed by atoms with van der Waals surface area (Å²) >= 11 is 0. The number of rotatable bonds is 9. The zero-order chi connectivity index (χ0) is 15.9. The number of hydrogen-bond donors (Lipinski definition) is 0. The van der Waals surface area contributed by atoms with Crippen LogP contribution < -0.4 is 0 Å². The molecule has 1 radical (unpaired) electrons. The van der Waals surface area contributed by atoms with Crippen molar-refractivity contribution < 1.29 is 0 Å². The van der Waals surface area contributed by atoms with E-state index in [-0.39, 0.29) is 0 Å². The van der Waals surface area contributed by atoms with E-state index in [1.165, 1.54) is 36.3 Å². The Morgan fingerprint density at radius 3 is 1.48 bits per heavy atom. The standard InChI is InChI=1S/C19H35Si2/c1-7-20(8-2,9-3)19(18-16-14-13-15-17-18)21(10-4,11-5)12-6/h13-16,19H,7-12H2,1-6H3. The molecule has 0 saturated carbocycles. The van der Waals surface area contributed by atoms with Crippen molar-refractivity contribution in [2.45, 2.75) is 83.0 Å². The topological polar surface area (TPSA) is 0 Å². The molecule has 21 heavy (non-hydrogen) atoms. The van der Waals surface area contributed by atoms with E-state index in [0.29, 0.717) is 0 Å². The molecule has 0 bridgehead atoms. The summed E-state index contributed by atoms with van der Waals surface area (Å²) in [5, 5.41) is 0.895. The Kier molecular flexibility index (Phi) is 7.42. The summed E-state index contributed by atoms with van der Waals surface area (Å²) in [6.45, 7) is 14.8. The van der Waals surface area contributed by atoms with Gasteiger partial charge in [0.25, 0.3) is 0 Å². The summed E-state index contributed by atoms with van der Waals surface area (Å²) in [6, 6.07) is 21.1. The van der Waals surface area contributed by atoms with Gasteiger partial charge in [0, 0.05) is 0 Å². The van der Waals surface area contributed by atoms with Crippen molar-refractivity contribution in [3.8, 4) is 0 Å². The van der Waals surface area contributed by atoms with Gasteiger partial charge in [-0.15, -0.1) is 0 Å². The average molecular weight is 320 g/mol. The minimum Gasteiger partial charge on any atom is -0.0678 e. The molecule has 0 nitrogen and oxygen atoms in total. The zero-order valence-corrected chi connectivity index (χ0v) is 17.1. The summed E-state index contributed by atoms with van der Waals surface area (Å²) in [4.78, 5) is 0. The molecule has 0 atom stereocenters. The first-order valence-corrected chi connectivity index (χ1v) is 14.5. The molecule has 0 unspecified atom stereocenters. The third-order valence-corrected chi connectivity index (χ3v) is 21.7. The third kappa shape index (κ3) is 3.53. The molecular weight excluding hydrogens is 284 g/mol. The second kappa shape index (κ2) is 8.33. The highest BCUT2D eigenvalue weighted by atomic mass is 28.4. The molecule has 0 heterocycles. The molecule has 2 heteroatoms. The quantitative estimate of drug-likeness (QED) is 0.446. The van der Waals surface area contributed by atoms with Crippen molar-refractivity contribution in [2.24, 2.45) is 0 Å². The van der Waals surface area contributed by atoms with E-state index in [9.17, 15) is 0 Å². The Morgan fingerprint density at radius 1 is 0.762 bits per heavy atom. The van der Waals surface area contributed by atoms with Gasteiger partial charge in [0.15, 0.2) is 0 Å². The van der Waals surface area contributed by atoms with Gasteiger partial charge in [-0.05, 0) is 16.8 Å². The van der Waals surface area contributed by atoms with E-state index in [1.807, 2.05) is 0 Å². The lowest BCUT2D eigenvalue weighted by molar-refractivity contribution is 0.988. The van der Waals surface area contributed by atoms with Gasteiger partial charge in [-0.3, -0.25) is 0 Å². The van der Waals surface area contributed by atoms with Crippen LogP contribution in [0.15, 0.2) is 24.3 Å². The van der Waals surface area contributed by atoms with Crippen molar-refractivity contribution in [1.82, 2.24) is 0 Å². The molecule has 0 fully saturated rings. The second-order valence-electron chi connectivity index (χ2n) is 6.60. The van der Waals surface area contributed by atoms with Crippen LogP contribution >= 0.6 is 0 Å². The van der Waals surface area contributed by atoms with Crippen LogP contribution in [0.1, 0.15) is 52.3 Å². The van der Waals surface area contributed by atoms with Crippen LogP contribution in [0.25, 0.3) is 0 Å². The lowest BCUT2D eigenvalue weighted by Gasteiger charge is -2.48. The van der Waals surface area contributed by atoms with Crippen LogP contribution in [0.4, 0.5) is 0 Å². The maximum atomic E-state index is 3.65. The molecular formula is C19H35Si2. The minimum absolute atomic E-state index is 0.895. The van der Waals surface area contributed by atoms with Gasteiger partial charge >= 0.3 is 0 Å². The van der Waals surface area contributed by atoms with Crippen LogP contribution in [-0.2, 0) is 0 Å². The fourth-order valence-corrected chi connectivity index (χ4v) is 20.6. The van der Waals surface area contributed by atoms with Gasteiger partial charge in [0.1, 0.15) is 0 Å². The Balaban J connectivity index is 3.49. The SMILES string of the molecule is CC[Si](CC)(CC)C(c1[c]cccc1)[Si](CC)(CC)CC. The van der Waals surface area contributed by atoms with Crippen LogP contribution in [0.3, 0.4) is 0 Å².